The number of hydrogen-bond donors (Lipinski definition) is 1. The molecule has 9 atom stereocenters. The van der Waals surface area contributed by atoms with Gasteiger partial charge in [0.2, 0.25) is 0 Å². The molecule has 0 bridgehead atoms. The van der Waals surface area contributed by atoms with Gasteiger partial charge in [-0.2, -0.15) is 0 Å². The maximum atomic E-state index is 12.3. The first-order valence-corrected chi connectivity index (χ1v) is 11.1. The quantitative estimate of drug-likeness (QED) is 0.686. The fourth-order valence-corrected chi connectivity index (χ4v) is 8.55. The Labute approximate surface area is 159 Å². The molecule has 26 heavy (non-hydrogen) atoms. The summed E-state index contributed by atoms with van der Waals surface area (Å²) in [5, 5.41) is 10.7. The van der Waals surface area contributed by atoms with Crippen molar-refractivity contribution in [3.63, 3.8) is 0 Å². The molecule has 0 spiro atoms. The van der Waals surface area contributed by atoms with Gasteiger partial charge >= 0.3 is 0 Å². The highest BCUT2D eigenvalue weighted by Gasteiger charge is 2.61. The van der Waals surface area contributed by atoms with Gasteiger partial charge < -0.3 is 5.11 Å². The molecular weight excluding hydrogens is 320 g/mol. The first kappa shape index (κ1) is 18.7. The van der Waals surface area contributed by atoms with E-state index in [-0.39, 0.29) is 11.5 Å². The van der Waals surface area contributed by atoms with Crippen LogP contribution in [-0.2, 0) is 4.79 Å². The molecule has 4 rings (SSSR count). The van der Waals surface area contributed by atoms with Crippen LogP contribution in [0, 0.1) is 46.3 Å². The van der Waals surface area contributed by atoms with Crippen molar-refractivity contribution >= 4 is 5.78 Å². The van der Waals surface area contributed by atoms with Crippen molar-refractivity contribution in [3.05, 3.63) is 12.7 Å². The van der Waals surface area contributed by atoms with Crippen LogP contribution in [0.5, 0.6) is 0 Å². The molecule has 4 fully saturated rings. The summed E-state index contributed by atoms with van der Waals surface area (Å²) in [6, 6.07) is 0. The summed E-state index contributed by atoms with van der Waals surface area (Å²) in [4.78, 5) is 12.3. The summed E-state index contributed by atoms with van der Waals surface area (Å²) in [5.74, 6) is 4.17. The zero-order chi connectivity index (χ0) is 18.7. The number of Topliss-reactive ketones (excluding diaryl/α,β-unsaturated/α-hetero) is 1. The second-order valence-electron chi connectivity index (χ2n) is 10.7. The standard InChI is InChI=1S/C24H38O2/c1-5-6-16-14-24(4)17(13-22(16)26)7-8-18-20-10-9-19(15(2)25)23(20,3)12-11-21(18)24/h5,16-22,26H,1,6-14H2,2-4H3/t16-,17+,18+,19-,20+,21+,22+,23-,24+/m1/s1. The molecule has 1 N–H and O–H groups in total. The molecular formula is C24H38O2. The van der Waals surface area contributed by atoms with Gasteiger partial charge in [-0.3, -0.25) is 4.79 Å². The lowest BCUT2D eigenvalue weighted by molar-refractivity contribution is -0.147. The van der Waals surface area contributed by atoms with Crippen LogP contribution in [0.3, 0.4) is 0 Å². The molecule has 4 saturated carbocycles. The van der Waals surface area contributed by atoms with Gasteiger partial charge in [0.05, 0.1) is 6.10 Å². The van der Waals surface area contributed by atoms with Crippen LogP contribution in [-0.4, -0.2) is 17.0 Å². The van der Waals surface area contributed by atoms with Crippen molar-refractivity contribution in [1.82, 2.24) is 0 Å². The van der Waals surface area contributed by atoms with Crippen molar-refractivity contribution in [2.45, 2.75) is 84.7 Å². The predicted octanol–water partition coefficient (Wildman–Crippen LogP) is 5.40. The van der Waals surface area contributed by atoms with Crippen LogP contribution in [0.2, 0.25) is 0 Å². The van der Waals surface area contributed by atoms with Crippen LogP contribution in [0.25, 0.3) is 0 Å². The van der Waals surface area contributed by atoms with E-state index >= 15 is 0 Å². The van der Waals surface area contributed by atoms with Crippen molar-refractivity contribution in [2.24, 2.45) is 46.3 Å². The van der Waals surface area contributed by atoms with Gasteiger partial charge in [0.1, 0.15) is 5.78 Å². The highest BCUT2D eigenvalue weighted by molar-refractivity contribution is 5.79. The molecule has 4 aliphatic rings. The van der Waals surface area contributed by atoms with E-state index in [1.54, 1.807) is 0 Å². The number of carbonyl (C=O) groups excluding carboxylic acids is 1. The third kappa shape index (κ3) is 2.58. The Kier molecular flexibility index (Phi) is 4.66. The SMILES string of the molecule is C=CC[C@@H]1C[C@@]2(C)[C@@H](CC[C@@H]3[C@@H]2CC[C@]2(C)[C@@H](C(C)=O)CC[C@@H]32)C[C@@H]1O. The Morgan fingerprint density at radius 3 is 2.54 bits per heavy atom. The monoisotopic (exact) mass is 358 g/mol. The van der Waals surface area contributed by atoms with Gasteiger partial charge in [0.25, 0.3) is 0 Å². The highest BCUT2D eigenvalue weighted by Crippen LogP contribution is 2.68. The first-order chi connectivity index (χ1) is 12.3. The zero-order valence-electron chi connectivity index (χ0n) is 17.0. The molecule has 2 heteroatoms. The molecule has 0 aliphatic heterocycles. The van der Waals surface area contributed by atoms with E-state index in [2.05, 4.69) is 20.4 Å². The summed E-state index contributed by atoms with van der Waals surface area (Å²) < 4.78 is 0. The lowest BCUT2D eigenvalue weighted by Crippen LogP contribution is -2.55. The third-order valence-corrected chi connectivity index (χ3v) is 9.80. The number of fused-ring (bicyclic) bond motifs is 5. The summed E-state index contributed by atoms with van der Waals surface area (Å²) in [5.41, 5.74) is 0.635. The van der Waals surface area contributed by atoms with Gasteiger partial charge in [-0.15, -0.1) is 6.58 Å². The second-order valence-corrected chi connectivity index (χ2v) is 10.7. The van der Waals surface area contributed by atoms with Crippen LogP contribution in [0.15, 0.2) is 12.7 Å². The fourth-order valence-electron chi connectivity index (χ4n) is 8.55. The van der Waals surface area contributed by atoms with Gasteiger partial charge in [-0.05, 0) is 105 Å². The van der Waals surface area contributed by atoms with E-state index in [1.165, 1.54) is 38.5 Å². The van der Waals surface area contributed by atoms with E-state index in [4.69, 9.17) is 0 Å². The Morgan fingerprint density at radius 1 is 1.12 bits per heavy atom. The number of hydrogen-bond acceptors (Lipinski definition) is 2. The van der Waals surface area contributed by atoms with E-state index in [1.807, 2.05) is 13.0 Å². The van der Waals surface area contributed by atoms with E-state index in [0.29, 0.717) is 29.0 Å². The lowest BCUT2D eigenvalue weighted by Gasteiger charge is -2.62. The van der Waals surface area contributed by atoms with Crippen LogP contribution < -0.4 is 0 Å². The minimum atomic E-state index is -0.134. The normalized spacial score (nSPS) is 53.3. The topological polar surface area (TPSA) is 37.3 Å². The summed E-state index contributed by atoms with van der Waals surface area (Å²) >= 11 is 0. The van der Waals surface area contributed by atoms with E-state index in [0.717, 1.165) is 37.0 Å². The van der Waals surface area contributed by atoms with Gasteiger partial charge in [-0.1, -0.05) is 19.9 Å². The van der Waals surface area contributed by atoms with Crippen molar-refractivity contribution in [2.75, 3.05) is 0 Å². The molecule has 0 aromatic heterocycles. The largest absolute Gasteiger partial charge is 0.393 e. The smallest absolute Gasteiger partial charge is 0.133 e. The Hall–Kier alpha value is -0.630. The second kappa shape index (κ2) is 6.47. The maximum absolute atomic E-state index is 12.3. The lowest BCUT2D eigenvalue weighted by atomic mass is 9.43. The maximum Gasteiger partial charge on any atom is 0.133 e. The van der Waals surface area contributed by atoms with Crippen LogP contribution >= 0.6 is 0 Å². The van der Waals surface area contributed by atoms with Crippen molar-refractivity contribution in [3.8, 4) is 0 Å². The number of aliphatic hydroxyl groups excluding tert-OH is 1. The molecule has 0 amide bonds. The molecule has 0 radical (unpaired) electrons. The van der Waals surface area contributed by atoms with Crippen LogP contribution in [0.4, 0.5) is 0 Å². The number of carbonyl (C=O) groups is 1. The molecule has 0 saturated heterocycles. The molecule has 0 unspecified atom stereocenters. The summed E-state index contributed by atoms with van der Waals surface area (Å²) in [7, 11) is 0. The minimum absolute atomic E-state index is 0.134. The molecule has 4 aliphatic carbocycles. The number of allylic oxidation sites excluding steroid dienone is 1. The summed E-state index contributed by atoms with van der Waals surface area (Å²) in [6.07, 6.45) is 12.5. The fraction of sp³-hybridized carbons (Fsp3) is 0.875. The van der Waals surface area contributed by atoms with Crippen molar-refractivity contribution in [1.29, 1.82) is 0 Å². The molecule has 0 aromatic rings. The summed E-state index contributed by atoms with van der Waals surface area (Å²) in [6.45, 7) is 10.7. The molecule has 146 valence electrons. The van der Waals surface area contributed by atoms with Gasteiger partial charge in [0, 0.05) is 5.92 Å². The highest BCUT2D eigenvalue weighted by atomic mass is 16.3. The van der Waals surface area contributed by atoms with Crippen LogP contribution in [0.1, 0.15) is 78.6 Å². The molecule has 0 aromatic carbocycles. The van der Waals surface area contributed by atoms with Gasteiger partial charge in [0.15, 0.2) is 0 Å². The van der Waals surface area contributed by atoms with Crippen molar-refractivity contribution < 1.29 is 9.90 Å². The Balaban J connectivity index is 1.61. The minimum Gasteiger partial charge on any atom is -0.393 e. The predicted molar refractivity (Wildman–Crippen MR) is 106 cm³/mol. The Bertz CT molecular complexity index is 583. The number of ketones is 1. The number of rotatable bonds is 3. The average Bonchev–Trinajstić information content (AvgIpc) is 2.94. The Morgan fingerprint density at radius 2 is 1.85 bits per heavy atom. The first-order valence-electron chi connectivity index (χ1n) is 11.1. The van der Waals surface area contributed by atoms with E-state index < -0.39 is 0 Å². The molecule has 0 heterocycles. The third-order valence-electron chi connectivity index (χ3n) is 9.80. The molecule has 2 nitrogen and oxygen atoms in total. The average molecular weight is 359 g/mol. The van der Waals surface area contributed by atoms with Gasteiger partial charge in [-0.25, -0.2) is 0 Å². The van der Waals surface area contributed by atoms with E-state index in [9.17, 15) is 9.90 Å². The number of aliphatic hydroxyl groups is 1. The zero-order valence-corrected chi connectivity index (χ0v) is 17.0.